The maximum absolute atomic E-state index is 12.9. The summed E-state index contributed by atoms with van der Waals surface area (Å²) in [7, 11) is 0. The minimum Gasteiger partial charge on any atom is -0.457 e. The molecule has 0 bridgehead atoms. The summed E-state index contributed by atoms with van der Waals surface area (Å²) in [6.45, 7) is 4.40. The van der Waals surface area contributed by atoms with Crippen LogP contribution >= 0.6 is 0 Å². The smallest absolute Gasteiger partial charge is 0.306 e. The van der Waals surface area contributed by atoms with Gasteiger partial charge < -0.3 is 39.4 Å². The van der Waals surface area contributed by atoms with Gasteiger partial charge in [0, 0.05) is 13.0 Å². The lowest BCUT2D eigenvalue weighted by atomic mass is 9.99. The van der Waals surface area contributed by atoms with Gasteiger partial charge in [0.05, 0.1) is 19.8 Å². The van der Waals surface area contributed by atoms with E-state index in [2.05, 4.69) is 123 Å². The van der Waals surface area contributed by atoms with Crippen LogP contribution in [0.15, 0.2) is 109 Å². The van der Waals surface area contributed by atoms with Gasteiger partial charge in [-0.3, -0.25) is 4.79 Å². The Labute approximate surface area is 440 Å². The Bertz CT molecular complexity index is 1470. The first kappa shape index (κ1) is 66.9. The number of hydrogen-bond acceptors (Lipinski definition) is 9. The van der Waals surface area contributed by atoms with E-state index in [-0.39, 0.29) is 19.2 Å². The molecule has 1 aliphatic rings. The van der Waals surface area contributed by atoms with Crippen LogP contribution < -0.4 is 0 Å². The van der Waals surface area contributed by atoms with Crippen molar-refractivity contribution in [1.29, 1.82) is 0 Å². The molecular formula is C63H106O9. The number of rotatable bonds is 49. The summed E-state index contributed by atoms with van der Waals surface area (Å²) in [5.74, 6) is -0.328. The summed E-state index contributed by atoms with van der Waals surface area (Å²) in [4.78, 5) is 12.9. The van der Waals surface area contributed by atoms with Crippen molar-refractivity contribution in [3.05, 3.63) is 109 Å². The number of allylic oxidation sites excluding steroid dienone is 18. The third kappa shape index (κ3) is 42.2. The Kier molecular flexibility index (Phi) is 48.9. The Hall–Kier alpha value is -3.15. The molecule has 72 heavy (non-hydrogen) atoms. The van der Waals surface area contributed by atoms with Crippen molar-refractivity contribution in [2.24, 2.45) is 0 Å². The van der Waals surface area contributed by atoms with Crippen molar-refractivity contribution in [2.75, 3.05) is 26.4 Å². The molecule has 0 spiro atoms. The molecule has 1 heterocycles. The maximum Gasteiger partial charge on any atom is 0.306 e. The van der Waals surface area contributed by atoms with E-state index in [0.717, 1.165) is 109 Å². The highest BCUT2D eigenvalue weighted by Crippen LogP contribution is 2.23. The monoisotopic (exact) mass is 1010 g/mol. The fourth-order valence-electron chi connectivity index (χ4n) is 8.21. The lowest BCUT2D eigenvalue weighted by molar-refractivity contribution is -0.305. The predicted molar refractivity (Wildman–Crippen MR) is 302 cm³/mol. The fraction of sp³-hybridized carbons (Fsp3) is 0.698. The highest BCUT2D eigenvalue weighted by Gasteiger charge is 2.44. The van der Waals surface area contributed by atoms with Crippen LogP contribution in [0.1, 0.15) is 219 Å². The van der Waals surface area contributed by atoms with Gasteiger partial charge in [0.15, 0.2) is 6.29 Å². The predicted octanol–water partition coefficient (Wildman–Crippen LogP) is 15.3. The average Bonchev–Trinajstić information content (AvgIpc) is 3.38. The van der Waals surface area contributed by atoms with E-state index < -0.39 is 43.4 Å². The van der Waals surface area contributed by atoms with E-state index in [1.54, 1.807) is 0 Å². The molecule has 0 aromatic heterocycles. The Balaban J connectivity index is 2.20. The number of hydrogen-bond donors (Lipinski definition) is 4. The lowest BCUT2D eigenvalue weighted by Crippen LogP contribution is -2.59. The normalized spacial score (nSPS) is 19.6. The number of unbranched alkanes of at least 4 members (excludes halogenated alkanes) is 20. The molecule has 0 aromatic rings. The van der Waals surface area contributed by atoms with Crippen LogP contribution in [-0.2, 0) is 23.7 Å². The number of carbonyl (C=O) groups is 1. The minimum absolute atomic E-state index is 0.127. The summed E-state index contributed by atoms with van der Waals surface area (Å²) >= 11 is 0. The van der Waals surface area contributed by atoms with Gasteiger partial charge in [-0.15, -0.1) is 0 Å². The van der Waals surface area contributed by atoms with E-state index in [1.807, 2.05) is 0 Å². The maximum atomic E-state index is 12.9. The third-order valence-electron chi connectivity index (χ3n) is 12.7. The van der Waals surface area contributed by atoms with Gasteiger partial charge in [-0.05, 0) is 103 Å². The van der Waals surface area contributed by atoms with Crippen LogP contribution in [0.3, 0.4) is 0 Å². The zero-order valence-electron chi connectivity index (χ0n) is 45.6. The van der Waals surface area contributed by atoms with Gasteiger partial charge in [0.1, 0.15) is 30.5 Å². The molecule has 0 aliphatic carbocycles. The molecule has 1 fully saturated rings. The van der Waals surface area contributed by atoms with Gasteiger partial charge in [-0.2, -0.15) is 0 Å². The topological polar surface area (TPSA) is 135 Å². The lowest BCUT2D eigenvalue weighted by Gasteiger charge is -2.39. The van der Waals surface area contributed by atoms with E-state index in [9.17, 15) is 25.2 Å². The zero-order valence-corrected chi connectivity index (χ0v) is 45.6. The van der Waals surface area contributed by atoms with Crippen molar-refractivity contribution in [3.63, 3.8) is 0 Å². The van der Waals surface area contributed by atoms with Gasteiger partial charge in [-0.25, -0.2) is 0 Å². The molecule has 0 saturated carbocycles. The second-order valence-electron chi connectivity index (χ2n) is 19.4. The molecule has 1 saturated heterocycles. The summed E-state index contributed by atoms with van der Waals surface area (Å²) in [6, 6.07) is 0. The highest BCUT2D eigenvalue weighted by atomic mass is 16.7. The van der Waals surface area contributed by atoms with Crippen molar-refractivity contribution < 1.29 is 44.2 Å². The summed E-state index contributed by atoms with van der Waals surface area (Å²) < 4.78 is 23.0. The first-order valence-electron chi connectivity index (χ1n) is 29.0. The van der Waals surface area contributed by atoms with Crippen molar-refractivity contribution >= 4 is 5.97 Å². The number of aliphatic hydroxyl groups excluding tert-OH is 4. The van der Waals surface area contributed by atoms with E-state index in [0.29, 0.717) is 13.0 Å². The molecule has 0 amide bonds. The molecule has 4 N–H and O–H groups in total. The largest absolute Gasteiger partial charge is 0.457 e. The average molecular weight is 1010 g/mol. The molecule has 9 nitrogen and oxygen atoms in total. The standard InChI is InChI=1S/C63H106O9/c1-3-5-7-9-11-13-15-17-19-21-23-25-27-28-29-31-33-35-37-39-41-43-45-47-49-51-53-69-55-57(56-70-63-62(68)61(67)60(66)58(54-64)72-63)71-59(65)52-50-48-46-44-42-40-38-36-34-32-30-26-24-22-20-18-16-14-12-10-8-6-4-2/h5,7,11,13,16-19,22-25,28-30,32-33,35,57-58,60-64,66-68H,3-4,6,8-10,12,14-15,20-21,26-27,31,34,36-56H2,1-2H3/b7-5-,13-11-,18-16-,19-17-,24-22-,25-23-,29-28-,32-30-,35-33-. The van der Waals surface area contributed by atoms with Gasteiger partial charge >= 0.3 is 5.97 Å². The summed E-state index contributed by atoms with van der Waals surface area (Å²) in [6.07, 6.45) is 68.4. The molecule has 6 unspecified atom stereocenters. The quantitative estimate of drug-likeness (QED) is 0.0267. The van der Waals surface area contributed by atoms with Gasteiger partial charge in [-0.1, -0.05) is 220 Å². The molecule has 412 valence electrons. The Morgan fingerprint density at radius 2 is 0.847 bits per heavy atom. The van der Waals surface area contributed by atoms with Gasteiger partial charge in [0.2, 0.25) is 0 Å². The Morgan fingerprint density at radius 1 is 0.458 bits per heavy atom. The van der Waals surface area contributed by atoms with E-state index in [4.69, 9.17) is 18.9 Å². The Morgan fingerprint density at radius 3 is 1.28 bits per heavy atom. The van der Waals surface area contributed by atoms with Crippen LogP contribution in [0.4, 0.5) is 0 Å². The first-order chi connectivity index (χ1) is 35.4. The molecule has 1 aliphatic heterocycles. The van der Waals surface area contributed by atoms with Crippen molar-refractivity contribution in [2.45, 2.75) is 256 Å². The highest BCUT2D eigenvalue weighted by molar-refractivity contribution is 5.69. The third-order valence-corrected chi connectivity index (χ3v) is 12.7. The number of ether oxygens (including phenoxy) is 4. The number of esters is 1. The SMILES string of the molecule is CC/C=C\C/C=C\C/C=C\C/C=C\C/C=C\C/C=C\CCCCCCCCCOCC(COC1OC(CO)C(O)C(O)C1O)OC(=O)CCCCCCCCCC/C=C\C/C=C\C/C=C\CCCCCCC. The molecule has 6 atom stereocenters. The van der Waals surface area contributed by atoms with Crippen LogP contribution in [0.25, 0.3) is 0 Å². The molecule has 9 heteroatoms. The minimum atomic E-state index is -1.55. The van der Waals surface area contributed by atoms with Crippen molar-refractivity contribution in [1.82, 2.24) is 0 Å². The molecule has 0 radical (unpaired) electrons. The zero-order chi connectivity index (χ0) is 52.1. The van der Waals surface area contributed by atoms with E-state index >= 15 is 0 Å². The molecule has 0 aromatic carbocycles. The summed E-state index contributed by atoms with van der Waals surface area (Å²) in [5.41, 5.74) is 0. The molecular weight excluding hydrogens is 901 g/mol. The van der Waals surface area contributed by atoms with Crippen molar-refractivity contribution in [3.8, 4) is 0 Å². The summed E-state index contributed by atoms with van der Waals surface area (Å²) in [5, 5.41) is 40.4. The van der Waals surface area contributed by atoms with Gasteiger partial charge in [0.25, 0.3) is 0 Å². The second-order valence-corrected chi connectivity index (χ2v) is 19.4. The van der Waals surface area contributed by atoms with E-state index in [1.165, 1.54) is 89.9 Å². The van der Waals surface area contributed by atoms with Crippen LogP contribution in [-0.4, -0.2) is 89.6 Å². The number of aliphatic hydroxyl groups is 4. The number of carbonyl (C=O) groups excluding carboxylic acids is 1. The van der Waals surface area contributed by atoms with Crippen LogP contribution in [0, 0.1) is 0 Å². The fourth-order valence-corrected chi connectivity index (χ4v) is 8.21. The second kappa shape index (κ2) is 52.7. The molecule has 1 rings (SSSR count). The first-order valence-corrected chi connectivity index (χ1v) is 29.0. The van der Waals surface area contributed by atoms with Crippen LogP contribution in [0.2, 0.25) is 0 Å². The van der Waals surface area contributed by atoms with Crippen LogP contribution in [0.5, 0.6) is 0 Å².